The van der Waals surface area contributed by atoms with Crippen molar-refractivity contribution in [2.45, 2.75) is 0 Å². The second-order valence-corrected chi connectivity index (χ2v) is 6.12. The number of benzene rings is 1. The Bertz CT molecular complexity index is 896. The number of nitrogens with one attached hydrogen (secondary N) is 2. The van der Waals surface area contributed by atoms with Crippen LogP contribution in [0.4, 0.5) is 10.5 Å². The summed E-state index contributed by atoms with van der Waals surface area (Å²) in [4.78, 5) is 47.3. The highest BCUT2D eigenvalue weighted by molar-refractivity contribution is 7.12. The first kappa shape index (κ1) is 20.7. The van der Waals surface area contributed by atoms with Crippen LogP contribution >= 0.6 is 11.3 Å². The van der Waals surface area contributed by atoms with Gasteiger partial charge in [0.2, 0.25) is 0 Å². The number of methoxy groups -OCH3 is 2. The van der Waals surface area contributed by atoms with Gasteiger partial charge in [-0.05, 0) is 11.4 Å². The van der Waals surface area contributed by atoms with Gasteiger partial charge in [-0.25, -0.2) is 9.59 Å². The SMILES string of the molecule is COc1cc(NC(=O)c2cccs2)c(C(=O)OCC(=O)NC(N)=O)cc1OC. The summed E-state index contributed by atoms with van der Waals surface area (Å²) in [5.41, 5.74) is 4.84. The van der Waals surface area contributed by atoms with Gasteiger partial charge in [0.05, 0.1) is 30.3 Å². The van der Waals surface area contributed by atoms with E-state index in [2.05, 4.69) is 5.32 Å². The van der Waals surface area contributed by atoms with Gasteiger partial charge in [0.1, 0.15) is 0 Å². The predicted molar refractivity (Wildman–Crippen MR) is 99.8 cm³/mol. The smallest absolute Gasteiger partial charge is 0.340 e. The molecule has 0 saturated carbocycles. The molecule has 0 bridgehead atoms. The summed E-state index contributed by atoms with van der Waals surface area (Å²) in [6.07, 6.45) is 0. The van der Waals surface area contributed by atoms with Crippen LogP contribution in [0, 0.1) is 0 Å². The van der Waals surface area contributed by atoms with Crippen molar-refractivity contribution in [2.75, 3.05) is 26.1 Å². The minimum absolute atomic E-state index is 0.0746. The Hall–Kier alpha value is -3.60. The zero-order chi connectivity index (χ0) is 20.7. The van der Waals surface area contributed by atoms with Crippen molar-refractivity contribution in [2.24, 2.45) is 5.73 Å². The van der Waals surface area contributed by atoms with Gasteiger partial charge in [0.15, 0.2) is 18.1 Å². The normalized spacial score (nSPS) is 9.93. The average molecular weight is 407 g/mol. The maximum absolute atomic E-state index is 12.4. The molecule has 0 saturated heterocycles. The van der Waals surface area contributed by atoms with E-state index in [1.165, 1.54) is 37.7 Å². The molecule has 0 aliphatic heterocycles. The lowest BCUT2D eigenvalue weighted by Crippen LogP contribution is -2.37. The number of hydrogen-bond acceptors (Lipinski definition) is 8. The molecule has 0 aliphatic carbocycles. The highest BCUT2D eigenvalue weighted by atomic mass is 32.1. The van der Waals surface area contributed by atoms with E-state index < -0.39 is 30.4 Å². The number of carbonyl (C=O) groups excluding carboxylic acids is 4. The molecule has 4 N–H and O–H groups in total. The molecule has 1 heterocycles. The number of amides is 4. The quantitative estimate of drug-likeness (QED) is 0.588. The van der Waals surface area contributed by atoms with E-state index in [0.717, 1.165) is 0 Å². The lowest BCUT2D eigenvalue weighted by molar-refractivity contribution is -0.123. The number of thiophene rings is 1. The molecule has 10 nitrogen and oxygen atoms in total. The van der Waals surface area contributed by atoms with Gasteiger partial charge in [-0.1, -0.05) is 6.07 Å². The fraction of sp³-hybridized carbons (Fsp3) is 0.176. The number of imide groups is 1. The van der Waals surface area contributed by atoms with Gasteiger partial charge in [-0.2, -0.15) is 0 Å². The Morgan fingerprint density at radius 2 is 1.79 bits per heavy atom. The van der Waals surface area contributed by atoms with E-state index in [4.69, 9.17) is 19.9 Å². The van der Waals surface area contributed by atoms with Crippen LogP contribution in [-0.4, -0.2) is 44.6 Å². The van der Waals surface area contributed by atoms with E-state index in [1.54, 1.807) is 22.8 Å². The third kappa shape index (κ3) is 5.20. The highest BCUT2D eigenvalue weighted by Gasteiger charge is 2.21. The van der Waals surface area contributed by atoms with Crippen LogP contribution < -0.4 is 25.8 Å². The molecule has 0 aliphatic rings. The highest BCUT2D eigenvalue weighted by Crippen LogP contribution is 2.34. The fourth-order valence-electron chi connectivity index (χ4n) is 2.13. The molecule has 0 unspecified atom stereocenters. The molecular weight excluding hydrogens is 390 g/mol. The van der Waals surface area contributed by atoms with Crippen LogP contribution in [0.25, 0.3) is 0 Å². The zero-order valence-corrected chi connectivity index (χ0v) is 15.8. The first-order chi connectivity index (χ1) is 13.3. The summed E-state index contributed by atoms with van der Waals surface area (Å²) < 4.78 is 15.2. The number of esters is 1. The number of ether oxygens (including phenoxy) is 3. The number of carbonyl (C=O) groups is 4. The number of hydrogen-bond donors (Lipinski definition) is 3. The Morgan fingerprint density at radius 1 is 1.11 bits per heavy atom. The Balaban J connectivity index is 2.29. The zero-order valence-electron chi connectivity index (χ0n) is 14.9. The first-order valence-electron chi connectivity index (χ1n) is 7.73. The summed E-state index contributed by atoms with van der Waals surface area (Å²) in [7, 11) is 2.77. The van der Waals surface area contributed by atoms with Gasteiger partial charge in [-0.15, -0.1) is 11.3 Å². The van der Waals surface area contributed by atoms with Crippen LogP contribution in [-0.2, 0) is 9.53 Å². The Labute approximate surface area is 163 Å². The second-order valence-electron chi connectivity index (χ2n) is 5.17. The van der Waals surface area contributed by atoms with Gasteiger partial charge >= 0.3 is 12.0 Å². The lowest BCUT2D eigenvalue weighted by Gasteiger charge is -2.15. The van der Waals surface area contributed by atoms with Crippen molar-refractivity contribution >= 4 is 40.8 Å². The fourth-order valence-corrected chi connectivity index (χ4v) is 2.74. The summed E-state index contributed by atoms with van der Waals surface area (Å²) in [6.45, 7) is -0.742. The first-order valence-corrected chi connectivity index (χ1v) is 8.61. The molecule has 28 heavy (non-hydrogen) atoms. The third-order valence-electron chi connectivity index (χ3n) is 3.33. The van der Waals surface area contributed by atoms with Crippen molar-refractivity contribution in [1.29, 1.82) is 0 Å². The van der Waals surface area contributed by atoms with Gasteiger partial charge in [0.25, 0.3) is 11.8 Å². The molecule has 1 aromatic carbocycles. The summed E-state index contributed by atoms with van der Waals surface area (Å²) in [5.74, 6) is -1.78. The van der Waals surface area contributed by atoms with E-state index in [0.29, 0.717) is 4.88 Å². The maximum atomic E-state index is 12.4. The second kappa shape index (κ2) is 9.37. The van der Waals surface area contributed by atoms with Crippen molar-refractivity contribution in [3.8, 4) is 11.5 Å². The minimum atomic E-state index is -1.07. The predicted octanol–water partition coefficient (Wildman–Crippen LogP) is 1.37. The van der Waals surface area contributed by atoms with E-state index >= 15 is 0 Å². The van der Waals surface area contributed by atoms with Crippen LogP contribution in [0.2, 0.25) is 0 Å². The van der Waals surface area contributed by atoms with E-state index in [-0.39, 0.29) is 22.7 Å². The molecule has 1 aromatic heterocycles. The minimum Gasteiger partial charge on any atom is -0.493 e. The molecule has 0 spiro atoms. The standard InChI is InChI=1S/C17H17N3O7S/c1-25-11-6-9(16(23)27-8-14(21)20-17(18)24)10(7-12(11)26-2)19-15(22)13-4-3-5-28-13/h3-7H,8H2,1-2H3,(H,19,22)(H3,18,20,21,24). The molecule has 148 valence electrons. The Kier molecular flexibility index (Phi) is 6.93. The van der Waals surface area contributed by atoms with Gasteiger partial charge < -0.3 is 25.3 Å². The Morgan fingerprint density at radius 3 is 2.36 bits per heavy atom. The average Bonchev–Trinajstić information content (AvgIpc) is 3.20. The number of primary amides is 1. The number of rotatable bonds is 7. The third-order valence-corrected chi connectivity index (χ3v) is 4.20. The number of urea groups is 1. The summed E-state index contributed by atoms with van der Waals surface area (Å²) in [5, 5.41) is 6.10. The van der Waals surface area contributed by atoms with Crippen LogP contribution in [0.3, 0.4) is 0 Å². The van der Waals surface area contributed by atoms with Gasteiger partial charge in [0, 0.05) is 12.1 Å². The van der Waals surface area contributed by atoms with Crippen molar-refractivity contribution in [1.82, 2.24) is 5.32 Å². The molecule has 2 rings (SSSR count). The number of nitrogens with two attached hydrogens (primary N) is 1. The topological polar surface area (TPSA) is 146 Å². The van der Waals surface area contributed by atoms with Crippen LogP contribution in [0.15, 0.2) is 29.6 Å². The van der Waals surface area contributed by atoms with E-state index in [1.807, 2.05) is 0 Å². The van der Waals surface area contributed by atoms with Crippen molar-refractivity contribution in [3.05, 3.63) is 40.1 Å². The number of anilines is 1. The largest absolute Gasteiger partial charge is 0.493 e. The van der Waals surface area contributed by atoms with Crippen LogP contribution in [0.1, 0.15) is 20.0 Å². The maximum Gasteiger partial charge on any atom is 0.340 e. The van der Waals surface area contributed by atoms with E-state index in [9.17, 15) is 19.2 Å². The molecular formula is C17H17N3O7S. The van der Waals surface area contributed by atoms with Crippen LogP contribution in [0.5, 0.6) is 11.5 Å². The molecule has 0 atom stereocenters. The monoisotopic (exact) mass is 407 g/mol. The molecule has 0 radical (unpaired) electrons. The van der Waals surface area contributed by atoms with Crippen molar-refractivity contribution < 1.29 is 33.4 Å². The van der Waals surface area contributed by atoms with Gasteiger partial charge in [-0.3, -0.25) is 14.9 Å². The summed E-state index contributed by atoms with van der Waals surface area (Å²) in [6, 6.07) is 4.95. The summed E-state index contributed by atoms with van der Waals surface area (Å²) >= 11 is 1.22. The lowest BCUT2D eigenvalue weighted by atomic mass is 10.1. The molecule has 4 amide bonds. The molecule has 11 heteroatoms. The molecule has 0 fully saturated rings. The molecule has 2 aromatic rings. The van der Waals surface area contributed by atoms with Crippen molar-refractivity contribution in [3.63, 3.8) is 0 Å².